The molecule has 0 radical (unpaired) electrons. The maximum Gasteiger partial charge on any atom is 0.253 e. The molecule has 0 N–H and O–H groups in total. The highest BCUT2D eigenvalue weighted by Crippen LogP contribution is 2.34. The summed E-state index contributed by atoms with van der Waals surface area (Å²) in [6, 6.07) is 10.6. The molecule has 4 rings (SSSR count). The van der Waals surface area contributed by atoms with Gasteiger partial charge in [0.1, 0.15) is 17.4 Å². The minimum absolute atomic E-state index is 0.0249. The second-order valence-corrected chi connectivity index (χ2v) is 10.1. The summed E-state index contributed by atoms with van der Waals surface area (Å²) >= 11 is 0. The molecule has 2 aliphatic rings. The van der Waals surface area contributed by atoms with Gasteiger partial charge in [-0.2, -0.15) is 0 Å². The number of ether oxygens (including phenoxy) is 1. The predicted octanol–water partition coefficient (Wildman–Crippen LogP) is 5.08. The van der Waals surface area contributed by atoms with E-state index in [0.717, 1.165) is 37.5 Å². The molecular weight excluding hydrogens is 450 g/mol. The molecule has 1 unspecified atom stereocenters. The highest BCUT2D eigenvalue weighted by molar-refractivity contribution is 5.94. The Bertz CT molecular complexity index is 1040. The van der Waals surface area contributed by atoms with Crippen molar-refractivity contribution in [3.05, 3.63) is 65.2 Å². The lowest BCUT2D eigenvalue weighted by Crippen LogP contribution is -2.49. The minimum atomic E-state index is -0.610. The lowest BCUT2D eigenvalue weighted by molar-refractivity contribution is -0.134. The number of hydrogen-bond acceptors (Lipinski definition) is 3. The van der Waals surface area contributed by atoms with Crippen LogP contribution in [0.5, 0.6) is 5.75 Å². The van der Waals surface area contributed by atoms with Crippen molar-refractivity contribution in [3.8, 4) is 5.75 Å². The van der Waals surface area contributed by atoms with Gasteiger partial charge in [0.2, 0.25) is 5.91 Å². The molecule has 2 amide bonds. The number of likely N-dealkylation sites (N-methyl/N-ethyl adjacent to an activating group) is 1. The van der Waals surface area contributed by atoms with Crippen LogP contribution in [0.4, 0.5) is 8.78 Å². The van der Waals surface area contributed by atoms with E-state index in [2.05, 4.69) is 0 Å². The average molecular weight is 485 g/mol. The fourth-order valence-corrected chi connectivity index (χ4v) is 4.93. The maximum atomic E-state index is 14.5. The standard InChI is InChI=1S/C28H34F2N2O3/c1-18(2)35-24-10-7-21(8-11-24)28(34)32-14-12-19(13-15-32)26(31(3)27(33)20-4-5-20)16-22-6-9-23(29)17-25(22)30/h6-11,17-20,26H,4-5,12-16H2,1-3H3. The first-order chi connectivity index (χ1) is 16.7. The van der Waals surface area contributed by atoms with Crippen molar-refractivity contribution < 1.29 is 23.1 Å². The first kappa shape index (κ1) is 25.1. The van der Waals surface area contributed by atoms with Gasteiger partial charge in [0, 0.05) is 43.7 Å². The zero-order valence-corrected chi connectivity index (χ0v) is 20.7. The van der Waals surface area contributed by atoms with E-state index in [0.29, 0.717) is 30.6 Å². The summed E-state index contributed by atoms with van der Waals surface area (Å²) in [6.07, 6.45) is 3.63. The zero-order valence-electron chi connectivity index (χ0n) is 20.7. The molecule has 1 atom stereocenters. The van der Waals surface area contributed by atoms with Gasteiger partial charge in [0.25, 0.3) is 5.91 Å². The van der Waals surface area contributed by atoms with E-state index in [1.807, 2.05) is 30.9 Å². The molecule has 2 aromatic rings. The van der Waals surface area contributed by atoms with Crippen molar-refractivity contribution in [2.45, 2.75) is 58.1 Å². The number of halogens is 2. The van der Waals surface area contributed by atoms with E-state index in [9.17, 15) is 18.4 Å². The Kier molecular flexibility index (Phi) is 7.72. The Labute approximate surface area is 206 Å². The number of rotatable bonds is 8. The lowest BCUT2D eigenvalue weighted by Gasteiger charge is -2.40. The molecule has 188 valence electrons. The first-order valence-corrected chi connectivity index (χ1v) is 12.5. The second kappa shape index (κ2) is 10.8. The van der Waals surface area contributed by atoms with Gasteiger partial charge in [-0.05, 0) is 87.8 Å². The monoisotopic (exact) mass is 484 g/mol. The number of likely N-dealkylation sites (tertiary alicyclic amines) is 1. The number of amides is 2. The highest BCUT2D eigenvalue weighted by atomic mass is 19.1. The molecule has 7 heteroatoms. The van der Waals surface area contributed by atoms with Gasteiger partial charge < -0.3 is 14.5 Å². The molecule has 2 aromatic carbocycles. The Morgan fingerprint density at radius 3 is 2.26 bits per heavy atom. The van der Waals surface area contributed by atoms with Gasteiger partial charge in [0.05, 0.1) is 6.10 Å². The number of nitrogens with zero attached hydrogens (tertiary/aromatic N) is 2. The van der Waals surface area contributed by atoms with Crippen LogP contribution in [0.1, 0.15) is 55.5 Å². The van der Waals surface area contributed by atoms with Crippen LogP contribution in [0.15, 0.2) is 42.5 Å². The average Bonchev–Trinajstić information content (AvgIpc) is 3.68. The molecular formula is C28H34F2N2O3. The third-order valence-electron chi connectivity index (χ3n) is 7.06. The number of piperidine rings is 1. The number of benzene rings is 2. The van der Waals surface area contributed by atoms with E-state index in [1.165, 1.54) is 12.1 Å². The summed E-state index contributed by atoms with van der Waals surface area (Å²) < 4.78 is 33.5. The summed E-state index contributed by atoms with van der Waals surface area (Å²) in [7, 11) is 1.80. The van der Waals surface area contributed by atoms with Crippen molar-refractivity contribution >= 4 is 11.8 Å². The van der Waals surface area contributed by atoms with Gasteiger partial charge in [-0.1, -0.05) is 6.07 Å². The summed E-state index contributed by atoms with van der Waals surface area (Å²) in [5.41, 5.74) is 1.03. The molecule has 0 spiro atoms. The summed E-state index contributed by atoms with van der Waals surface area (Å²) in [5, 5.41) is 0. The molecule has 1 saturated heterocycles. The molecule has 1 heterocycles. The van der Waals surface area contributed by atoms with Crippen LogP contribution in [0.3, 0.4) is 0 Å². The maximum absolute atomic E-state index is 14.5. The Balaban J connectivity index is 1.43. The van der Waals surface area contributed by atoms with Crippen LogP contribution in [-0.4, -0.2) is 53.9 Å². The van der Waals surface area contributed by atoms with Crippen molar-refractivity contribution in [2.75, 3.05) is 20.1 Å². The number of carbonyl (C=O) groups is 2. The summed E-state index contributed by atoms with van der Waals surface area (Å²) in [4.78, 5) is 29.5. The third kappa shape index (κ3) is 6.19. The molecule has 35 heavy (non-hydrogen) atoms. The second-order valence-electron chi connectivity index (χ2n) is 10.1. The summed E-state index contributed by atoms with van der Waals surface area (Å²) in [6.45, 7) is 5.05. The van der Waals surface area contributed by atoms with Gasteiger partial charge in [-0.15, -0.1) is 0 Å². The molecule has 2 fully saturated rings. The minimum Gasteiger partial charge on any atom is -0.491 e. The van der Waals surface area contributed by atoms with Crippen LogP contribution in [0, 0.1) is 23.5 Å². The lowest BCUT2D eigenvalue weighted by atomic mass is 9.84. The van der Waals surface area contributed by atoms with Gasteiger partial charge in [-0.3, -0.25) is 9.59 Å². The van der Waals surface area contributed by atoms with Crippen LogP contribution in [0.25, 0.3) is 0 Å². The van der Waals surface area contributed by atoms with Crippen LogP contribution >= 0.6 is 0 Å². The molecule has 1 aliphatic carbocycles. The fraction of sp³-hybridized carbons (Fsp3) is 0.500. The quantitative estimate of drug-likeness (QED) is 0.525. The largest absolute Gasteiger partial charge is 0.491 e. The predicted molar refractivity (Wildman–Crippen MR) is 130 cm³/mol. The van der Waals surface area contributed by atoms with Gasteiger partial charge >= 0.3 is 0 Å². The molecule has 1 saturated carbocycles. The van der Waals surface area contributed by atoms with E-state index in [-0.39, 0.29) is 35.8 Å². The van der Waals surface area contributed by atoms with Crippen molar-refractivity contribution in [1.82, 2.24) is 9.80 Å². The zero-order chi connectivity index (χ0) is 25.1. The van der Waals surface area contributed by atoms with E-state index in [4.69, 9.17) is 4.74 Å². The van der Waals surface area contributed by atoms with Gasteiger partial charge in [0.15, 0.2) is 0 Å². The Hall–Kier alpha value is -2.96. The molecule has 0 bridgehead atoms. The van der Waals surface area contributed by atoms with Crippen LogP contribution in [-0.2, 0) is 11.2 Å². The van der Waals surface area contributed by atoms with Gasteiger partial charge in [-0.25, -0.2) is 8.78 Å². The van der Waals surface area contributed by atoms with Crippen molar-refractivity contribution in [1.29, 1.82) is 0 Å². The first-order valence-electron chi connectivity index (χ1n) is 12.5. The van der Waals surface area contributed by atoms with E-state index >= 15 is 0 Å². The normalized spacial score (nSPS) is 17.4. The smallest absolute Gasteiger partial charge is 0.253 e. The van der Waals surface area contributed by atoms with Crippen molar-refractivity contribution in [2.24, 2.45) is 11.8 Å². The van der Waals surface area contributed by atoms with E-state index < -0.39 is 11.6 Å². The summed E-state index contributed by atoms with van der Waals surface area (Å²) in [5.74, 6) is -0.208. The Morgan fingerprint density at radius 1 is 1.03 bits per heavy atom. The number of hydrogen-bond donors (Lipinski definition) is 0. The third-order valence-corrected chi connectivity index (χ3v) is 7.06. The molecule has 0 aromatic heterocycles. The van der Waals surface area contributed by atoms with Crippen molar-refractivity contribution in [3.63, 3.8) is 0 Å². The molecule has 5 nitrogen and oxygen atoms in total. The Morgan fingerprint density at radius 2 is 1.69 bits per heavy atom. The fourth-order valence-electron chi connectivity index (χ4n) is 4.93. The highest BCUT2D eigenvalue weighted by Gasteiger charge is 2.38. The van der Waals surface area contributed by atoms with E-state index in [1.54, 1.807) is 24.1 Å². The van der Waals surface area contributed by atoms with Crippen LogP contribution < -0.4 is 4.74 Å². The SMILES string of the molecule is CC(C)Oc1ccc(C(=O)N2CCC(C(Cc3ccc(F)cc3F)N(C)C(=O)C3CC3)CC2)cc1. The van der Waals surface area contributed by atoms with Crippen LogP contribution in [0.2, 0.25) is 0 Å². The number of carbonyl (C=O) groups excluding carboxylic acids is 2. The topological polar surface area (TPSA) is 49.9 Å². The molecule has 1 aliphatic heterocycles.